The van der Waals surface area contributed by atoms with Crippen LogP contribution in [0.3, 0.4) is 0 Å². The average Bonchev–Trinajstić information content (AvgIpc) is 2.55. The summed E-state index contributed by atoms with van der Waals surface area (Å²) in [5, 5.41) is 13.7. The Morgan fingerprint density at radius 3 is 2.14 bits per heavy atom. The van der Waals surface area contributed by atoms with Gasteiger partial charge in [0.1, 0.15) is 0 Å². The van der Waals surface area contributed by atoms with Gasteiger partial charge in [-0.1, -0.05) is 30.3 Å². The van der Waals surface area contributed by atoms with E-state index >= 15 is 0 Å². The van der Waals surface area contributed by atoms with Gasteiger partial charge < -0.3 is 15.2 Å². The van der Waals surface area contributed by atoms with E-state index in [0.29, 0.717) is 5.56 Å². The van der Waals surface area contributed by atoms with Crippen LogP contribution < -0.4 is 5.32 Å². The molecule has 0 amide bonds. The van der Waals surface area contributed by atoms with Crippen LogP contribution in [-0.4, -0.2) is 18.2 Å². The summed E-state index contributed by atoms with van der Waals surface area (Å²) in [6.45, 7) is 3.33. The number of carbonyl (C=O) groups is 1. The van der Waals surface area contributed by atoms with E-state index in [0.717, 1.165) is 11.4 Å². The summed E-state index contributed by atoms with van der Waals surface area (Å²) in [6, 6.07) is 17.2. The normalized spacial score (nSPS) is 12.5. The molecule has 1 unspecified atom stereocenters. The molecule has 2 aromatic rings. The van der Waals surface area contributed by atoms with Gasteiger partial charge in [0.25, 0.3) is 0 Å². The molecule has 0 aliphatic carbocycles. The minimum Gasteiger partial charge on any atom is -0.469 e. The number of methoxy groups -OCH3 is 1. The maximum absolute atomic E-state index is 11.8. The van der Waals surface area contributed by atoms with E-state index in [1.165, 1.54) is 7.11 Å². The molecule has 4 heteroatoms. The molecule has 4 nitrogen and oxygen atoms in total. The van der Waals surface area contributed by atoms with Gasteiger partial charge in [0.2, 0.25) is 0 Å². The van der Waals surface area contributed by atoms with Crippen molar-refractivity contribution in [3.8, 4) is 0 Å². The zero-order valence-electron chi connectivity index (χ0n) is 13.0. The van der Waals surface area contributed by atoms with Crippen LogP contribution >= 0.6 is 0 Å². The van der Waals surface area contributed by atoms with Crippen LogP contribution in [0.25, 0.3) is 0 Å². The number of rotatable bonds is 5. The third kappa shape index (κ3) is 3.46. The fourth-order valence-electron chi connectivity index (χ4n) is 2.23. The van der Waals surface area contributed by atoms with E-state index in [-0.39, 0.29) is 0 Å². The van der Waals surface area contributed by atoms with Crippen molar-refractivity contribution in [2.75, 3.05) is 12.4 Å². The molecule has 2 aromatic carbocycles. The highest BCUT2D eigenvalue weighted by molar-refractivity contribution is 5.77. The summed E-state index contributed by atoms with van der Waals surface area (Å²) in [4.78, 5) is 11.8. The molecule has 0 aliphatic rings. The van der Waals surface area contributed by atoms with Crippen molar-refractivity contribution in [3.05, 3.63) is 60.2 Å². The first-order valence-electron chi connectivity index (χ1n) is 7.13. The van der Waals surface area contributed by atoms with Gasteiger partial charge in [-0.2, -0.15) is 0 Å². The molecule has 0 aliphatic heterocycles. The first kappa shape index (κ1) is 16.0. The lowest BCUT2D eigenvalue weighted by molar-refractivity contribution is -0.157. The Morgan fingerprint density at radius 1 is 1.05 bits per heavy atom. The lowest BCUT2D eigenvalue weighted by Crippen LogP contribution is -2.32. The fourth-order valence-corrected chi connectivity index (χ4v) is 2.23. The SMILES string of the molecule is COC(=O)C(C)(C)C(O)c1ccc(Nc2ccccc2)cc1. The predicted molar refractivity (Wildman–Crippen MR) is 86.9 cm³/mol. The lowest BCUT2D eigenvalue weighted by Gasteiger charge is -2.27. The Bertz CT molecular complexity index is 621. The second-order valence-electron chi connectivity index (χ2n) is 5.73. The number of para-hydroxylation sites is 1. The highest BCUT2D eigenvalue weighted by atomic mass is 16.5. The van der Waals surface area contributed by atoms with Crippen molar-refractivity contribution in [1.82, 2.24) is 0 Å². The van der Waals surface area contributed by atoms with E-state index in [1.807, 2.05) is 42.5 Å². The van der Waals surface area contributed by atoms with E-state index in [9.17, 15) is 9.90 Å². The fraction of sp³-hybridized carbons (Fsp3) is 0.278. The highest BCUT2D eigenvalue weighted by Crippen LogP contribution is 2.35. The minimum absolute atomic E-state index is 0.438. The standard InChI is InChI=1S/C18H21NO3/c1-18(2,17(21)22-3)16(20)13-9-11-15(12-10-13)19-14-7-5-4-6-8-14/h4-12,16,19-20H,1-3H3. The number of anilines is 2. The monoisotopic (exact) mass is 299 g/mol. The molecule has 22 heavy (non-hydrogen) atoms. The summed E-state index contributed by atoms with van der Waals surface area (Å²) in [5.74, 6) is -0.438. The lowest BCUT2D eigenvalue weighted by atomic mass is 9.82. The molecule has 0 fully saturated rings. The molecular formula is C18H21NO3. The topological polar surface area (TPSA) is 58.6 Å². The smallest absolute Gasteiger partial charge is 0.314 e. The first-order chi connectivity index (χ1) is 10.4. The van der Waals surface area contributed by atoms with Crippen LogP contribution in [0.5, 0.6) is 0 Å². The number of esters is 1. The van der Waals surface area contributed by atoms with Gasteiger partial charge in [0.05, 0.1) is 18.6 Å². The number of benzene rings is 2. The second-order valence-corrected chi connectivity index (χ2v) is 5.73. The van der Waals surface area contributed by atoms with Crippen LogP contribution in [0.15, 0.2) is 54.6 Å². The Balaban J connectivity index is 2.13. The van der Waals surface area contributed by atoms with Gasteiger partial charge >= 0.3 is 5.97 Å². The quantitative estimate of drug-likeness (QED) is 0.827. The van der Waals surface area contributed by atoms with Crippen molar-refractivity contribution in [3.63, 3.8) is 0 Å². The largest absolute Gasteiger partial charge is 0.469 e. The summed E-state index contributed by atoms with van der Waals surface area (Å²) in [5.41, 5.74) is 1.58. The number of hydrogen-bond donors (Lipinski definition) is 2. The zero-order valence-corrected chi connectivity index (χ0v) is 13.0. The molecule has 1 atom stereocenters. The Labute approximate surface area is 130 Å². The average molecular weight is 299 g/mol. The van der Waals surface area contributed by atoms with E-state index < -0.39 is 17.5 Å². The van der Waals surface area contributed by atoms with Crippen LogP contribution in [-0.2, 0) is 9.53 Å². The van der Waals surface area contributed by atoms with E-state index in [4.69, 9.17) is 4.74 Å². The molecule has 0 spiro atoms. The van der Waals surface area contributed by atoms with Crippen molar-refractivity contribution in [2.45, 2.75) is 20.0 Å². The zero-order chi connectivity index (χ0) is 16.2. The number of carbonyl (C=O) groups excluding carboxylic acids is 1. The molecule has 0 saturated carbocycles. The molecule has 2 rings (SSSR count). The predicted octanol–water partition coefficient (Wildman–Crippen LogP) is 3.66. The Morgan fingerprint density at radius 2 is 1.59 bits per heavy atom. The second kappa shape index (κ2) is 6.62. The minimum atomic E-state index is -0.997. The van der Waals surface area contributed by atoms with Gasteiger partial charge in [0, 0.05) is 11.4 Å². The molecule has 116 valence electrons. The molecule has 2 N–H and O–H groups in total. The van der Waals surface area contributed by atoms with Gasteiger partial charge in [-0.3, -0.25) is 4.79 Å². The molecule has 0 heterocycles. The van der Waals surface area contributed by atoms with E-state index in [1.54, 1.807) is 26.0 Å². The number of ether oxygens (including phenoxy) is 1. The molecule has 0 saturated heterocycles. The summed E-state index contributed by atoms with van der Waals surface area (Å²) in [6.07, 6.45) is -0.925. The Hall–Kier alpha value is -2.33. The number of aliphatic hydroxyl groups excluding tert-OH is 1. The van der Waals surface area contributed by atoms with Crippen LogP contribution in [0.4, 0.5) is 11.4 Å². The number of nitrogens with one attached hydrogen (secondary N) is 1. The summed E-state index contributed by atoms with van der Waals surface area (Å²) < 4.78 is 4.75. The van der Waals surface area contributed by atoms with Gasteiger partial charge in [-0.05, 0) is 43.7 Å². The number of hydrogen-bond acceptors (Lipinski definition) is 4. The first-order valence-corrected chi connectivity index (χ1v) is 7.13. The maximum Gasteiger partial charge on any atom is 0.314 e. The maximum atomic E-state index is 11.8. The van der Waals surface area contributed by atoms with Crippen molar-refractivity contribution in [2.24, 2.45) is 5.41 Å². The van der Waals surface area contributed by atoms with Gasteiger partial charge in [-0.15, -0.1) is 0 Å². The van der Waals surface area contributed by atoms with E-state index in [2.05, 4.69) is 5.32 Å². The Kier molecular flexibility index (Phi) is 4.83. The van der Waals surface area contributed by atoms with Crippen LogP contribution in [0.2, 0.25) is 0 Å². The van der Waals surface area contributed by atoms with Crippen LogP contribution in [0, 0.1) is 5.41 Å². The highest BCUT2D eigenvalue weighted by Gasteiger charge is 2.37. The summed E-state index contributed by atoms with van der Waals surface area (Å²) in [7, 11) is 1.32. The van der Waals surface area contributed by atoms with Gasteiger partial charge in [-0.25, -0.2) is 0 Å². The third-order valence-corrected chi connectivity index (χ3v) is 3.68. The molecule has 0 aromatic heterocycles. The molecular weight excluding hydrogens is 278 g/mol. The van der Waals surface area contributed by atoms with Crippen LogP contribution in [0.1, 0.15) is 25.5 Å². The molecule has 0 bridgehead atoms. The van der Waals surface area contributed by atoms with Crippen molar-refractivity contribution >= 4 is 17.3 Å². The van der Waals surface area contributed by atoms with Gasteiger partial charge in [0.15, 0.2) is 0 Å². The summed E-state index contributed by atoms with van der Waals surface area (Å²) >= 11 is 0. The van der Waals surface area contributed by atoms with Crippen molar-refractivity contribution in [1.29, 1.82) is 0 Å². The number of aliphatic hydroxyl groups is 1. The van der Waals surface area contributed by atoms with Crippen molar-refractivity contribution < 1.29 is 14.6 Å². The molecule has 0 radical (unpaired) electrons. The third-order valence-electron chi connectivity index (χ3n) is 3.68.